The lowest BCUT2D eigenvalue weighted by Gasteiger charge is -2.34. The van der Waals surface area contributed by atoms with Crippen molar-refractivity contribution in [2.24, 2.45) is 5.41 Å². The van der Waals surface area contributed by atoms with Crippen molar-refractivity contribution in [2.45, 2.75) is 39.3 Å². The molecule has 4 rings (SSSR count). The van der Waals surface area contributed by atoms with Crippen molar-refractivity contribution < 1.29 is 22.8 Å². The first-order valence-electron chi connectivity index (χ1n) is 11.7. The number of carbonyl (C=O) groups excluding carboxylic acids is 2. The number of anilines is 1. The second-order valence-corrected chi connectivity index (χ2v) is 9.38. The molecule has 2 aliphatic rings. The normalized spacial score (nSPS) is 19.5. The maximum absolute atomic E-state index is 13.6. The monoisotopic (exact) mass is 503 g/mol. The number of alkyl halides is 2. The van der Waals surface area contributed by atoms with Crippen LogP contribution in [0.5, 0.6) is 0 Å². The van der Waals surface area contributed by atoms with E-state index in [4.69, 9.17) is 5.26 Å². The number of nitrogens with one attached hydrogen (secondary N) is 2. The molecule has 0 saturated heterocycles. The fourth-order valence-electron chi connectivity index (χ4n) is 4.88. The van der Waals surface area contributed by atoms with E-state index in [0.29, 0.717) is 50.3 Å². The van der Waals surface area contributed by atoms with E-state index in [0.717, 1.165) is 11.8 Å². The number of rotatable bonds is 6. The first kappa shape index (κ1) is 25.5. The molecule has 2 aromatic rings. The molecule has 0 spiro atoms. The number of aromatic nitrogens is 2. The molecule has 3 amide bonds. The van der Waals surface area contributed by atoms with Crippen LogP contribution in [-0.4, -0.2) is 71.2 Å². The molecule has 3 heterocycles. The summed E-state index contributed by atoms with van der Waals surface area (Å²) in [6.07, 6.45) is -1.37. The van der Waals surface area contributed by atoms with Crippen molar-refractivity contribution in [3.63, 3.8) is 0 Å². The lowest BCUT2D eigenvalue weighted by Crippen LogP contribution is -2.45. The number of carbonyl (C=O) groups is 2. The molecule has 12 heteroatoms. The van der Waals surface area contributed by atoms with E-state index in [1.165, 1.54) is 17.0 Å². The van der Waals surface area contributed by atoms with E-state index in [2.05, 4.69) is 15.7 Å². The molecule has 36 heavy (non-hydrogen) atoms. The first-order valence-corrected chi connectivity index (χ1v) is 11.7. The summed E-state index contributed by atoms with van der Waals surface area (Å²) in [6, 6.07) is 5.06. The maximum Gasteiger partial charge on any atom is 0.322 e. The van der Waals surface area contributed by atoms with E-state index in [1.807, 2.05) is 6.92 Å². The third-order valence-corrected chi connectivity index (χ3v) is 6.88. The Morgan fingerprint density at radius 1 is 1.33 bits per heavy atom. The van der Waals surface area contributed by atoms with Crippen LogP contribution in [0.1, 0.15) is 40.7 Å². The van der Waals surface area contributed by atoms with Crippen LogP contribution in [0.4, 0.5) is 23.7 Å². The van der Waals surface area contributed by atoms with Crippen LogP contribution in [0.3, 0.4) is 0 Å². The van der Waals surface area contributed by atoms with Crippen LogP contribution in [0.25, 0.3) is 0 Å². The van der Waals surface area contributed by atoms with Crippen molar-refractivity contribution >= 4 is 17.6 Å². The average Bonchev–Trinajstić information content (AvgIpc) is 3.15. The maximum atomic E-state index is 13.6. The zero-order chi connectivity index (χ0) is 26.0. The number of amides is 3. The summed E-state index contributed by atoms with van der Waals surface area (Å²) in [5.74, 6) is -0.900. The van der Waals surface area contributed by atoms with Crippen molar-refractivity contribution in [2.75, 3.05) is 38.5 Å². The van der Waals surface area contributed by atoms with Crippen molar-refractivity contribution in [1.29, 1.82) is 5.26 Å². The van der Waals surface area contributed by atoms with Crippen LogP contribution in [-0.2, 0) is 19.5 Å². The van der Waals surface area contributed by atoms with Gasteiger partial charge in [0.05, 0.1) is 30.9 Å². The summed E-state index contributed by atoms with van der Waals surface area (Å²) in [6.45, 7) is 3.15. The molecule has 0 aliphatic carbocycles. The molecule has 9 nitrogen and oxygen atoms in total. The molecule has 0 unspecified atom stereocenters. The minimum atomic E-state index is -2.46. The smallest absolute Gasteiger partial charge is 0.322 e. The zero-order valence-electron chi connectivity index (χ0n) is 20.2. The molecule has 2 N–H and O–H groups in total. The van der Waals surface area contributed by atoms with Crippen LogP contribution in [0.2, 0.25) is 0 Å². The zero-order valence-corrected chi connectivity index (χ0v) is 20.2. The van der Waals surface area contributed by atoms with Gasteiger partial charge in [-0.3, -0.25) is 9.48 Å². The highest BCUT2D eigenvalue weighted by molar-refractivity contribution is 5.95. The molecule has 2 aliphatic heterocycles. The molecule has 1 aromatic heterocycles. The highest BCUT2D eigenvalue weighted by Gasteiger charge is 2.40. The number of urea groups is 1. The standard InChI is InChI=1S/C24H28F3N7O2/c1-3-24(12-29-10-20(26)27)13-32(2)22(35)21-17-11-33(7-6-19(17)31-34(21)14-24)23(36)30-16-4-5-18(25)15(8-16)9-28/h4-5,8,20,29H,3,6-7,10-14H2,1-2H3,(H,30,36)/t24-/m0/s1. The van der Waals surface area contributed by atoms with Crippen molar-refractivity contribution in [3.8, 4) is 6.07 Å². The Morgan fingerprint density at radius 3 is 2.81 bits per heavy atom. The van der Waals surface area contributed by atoms with Crippen LogP contribution in [0.15, 0.2) is 18.2 Å². The predicted molar refractivity (Wildman–Crippen MR) is 125 cm³/mol. The van der Waals surface area contributed by atoms with Gasteiger partial charge >= 0.3 is 6.03 Å². The van der Waals surface area contributed by atoms with Gasteiger partial charge in [0.15, 0.2) is 0 Å². The first-order chi connectivity index (χ1) is 17.2. The van der Waals surface area contributed by atoms with Gasteiger partial charge in [0.2, 0.25) is 0 Å². The number of hydrogen-bond acceptors (Lipinski definition) is 5. The topological polar surface area (TPSA) is 106 Å². The Labute approximate surface area is 206 Å². The molecular weight excluding hydrogens is 475 g/mol. The van der Waals surface area contributed by atoms with E-state index in [-0.39, 0.29) is 23.7 Å². The lowest BCUT2D eigenvalue weighted by atomic mass is 9.84. The summed E-state index contributed by atoms with van der Waals surface area (Å²) in [4.78, 5) is 29.4. The molecule has 0 fully saturated rings. The van der Waals surface area contributed by atoms with Crippen molar-refractivity contribution in [1.82, 2.24) is 24.9 Å². The van der Waals surface area contributed by atoms with Gasteiger partial charge in [-0.15, -0.1) is 0 Å². The predicted octanol–water partition coefficient (Wildman–Crippen LogP) is 2.82. The number of benzene rings is 1. The highest BCUT2D eigenvalue weighted by Crippen LogP contribution is 2.33. The molecule has 0 radical (unpaired) electrons. The van der Waals surface area contributed by atoms with E-state index >= 15 is 0 Å². The number of nitrogens with zero attached hydrogens (tertiary/aromatic N) is 5. The molecule has 1 aromatic carbocycles. The van der Waals surface area contributed by atoms with Crippen LogP contribution in [0, 0.1) is 22.6 Å². The molecule has 0 bridgehead atoms. The fourth-order valence-corrected chi connectivity index (χ4v) is 4.88. The summed E-state index contributed by atoms with van der Waals surface area (Å²) >= 11 is 0. The summed E-state index contributed by atoms with van der Waals surface area (Å²) in [5.41, 5.74) is 1.44. The summed E-state index contributed by atoms with van der Waals surface area (Å²) in [7, 11) is 1.68. The molecule has 192 valence electrons. The molecule has 0 saturated carbocycles. The lowest BCUT2D eigenvalue weighted by molar-refractivity contribution is 0.0710. The second kappa shape index (κ2) is 10.2. The van der Waals surface area contributed by atoms with E-state index in [1.54, 1.807) is 22.7 Å². The number of nitriles is 1. The Bertz CT molecular complexity index is 1210. The van der Waals surface area contributed by atoms with E-state index in [9.17, 15) is 22.8 Å². The quantitative estimate of drug-likeness (QED) is 0.631. The largest absolute Gasteiger partial charge is 0.340 e. The van der Waals surface area contributed by atoms with Gasteiger partial charge < -0.3 is 20.4 Å². The third kappa shape index (κ3) is 5.02. The molecule has 1 atom stereocenters. The van der Waals surface area contributed by atoms with Crippen molar-refractivity contribution in [3.05, 3.63) is 46.5 Å². The van der Waals surface area contributed by atoms with Gasteiger partial charge in [-0.05, 0) is 24.6 Å². The number of fused-ring (bicyclic) bond motifs is 3. The summed E-state index contributed by atoms with van der Waals surface area (Å²) in [5, 5.41) is 19.2. The van der Waals surface area contributed by atoms with Gasteiger partial charge in [0.1, 0.15) is 17.6 Å². The Balaban J connectivity index is 1.56. The number of hydrogen-bond donors (Lipinski definition) is 2. The fraction of sp³-hybridized carbons (Fsp3) is 0.500. The molecular formula is C24H28F3N7O2. The van der Waals surface area contributed by atoms with Crippen LogP contribution >= 0.6 is 0 Å². The van der Waals surface area contributed by atoms with E-state index < -0.39 is 30.2 Å². The second-order valence-electron chi connectivity index (χ2n) is 9.38. The average molecular weight is 504 g/mol. The van der Waals surface area contributed by atoms with Gasteiger partial charge in [-0.1, -0.05) is 6.92 Å². The highest BCUT2D eigenvalue weighted by atomic mass is 19.3. The minimum Gasteiger partial charge on any atom is -0.340 e. The third-order valence-electron chi connectivity index (χ3n) is 6.88. The Morgan fingerprint density at radius 2 is 2.11 bits per heavy atom. The SMILES string of the molecule is CC[C@]1(CNCC(F)F)CN(C)C(=O)c2c3c(nn2C1)CCN(C(=O)Nc1ccc(F)c(C#N)c1)C3. The van der Waals surface area contributed by atoms with Gasteiger partial charge in [0, 0.05) is 49.8 Å². The van der Waals surface area contributed by atoms with Gasteiger partial charge in [0.25, 0.3) is 12.3 Å². The number of halogens is 3. The summed E-state index contributed by atoms with van der Waals surface area (Å²) < 4.78 is 40.7. The minimum absolute atomic E-state index is 0.158. The Kier molecular flexibility index (Phi) is 7.21. The van der Waals surface area contributed by atoms with Gasteiger partial charge in [-0.25, -0.2) is 18.0 Å². The Hall–Kier alpha value is -3.59. The van der Waals surface area contributed by atoms with Crippen LogP contribution < -0.4 is 10.6 Å². The van der Waals surface area contributed by atoms with Gasteiger partial charge in [-0.2, -0.15) is 10.4 Å².